The minimum atomic E-state index is -0.949. The molecule has 0 heterocycles. The lowest BCUT2D eigenvalue weighted by Gasteiger charge is -2.54. The number of carbonyl (C=O) groups is 2. The molecule has 1 N–H and O–H groups in total. The summed E-state index contributed by atoms with van der Waals surface area (Å²) in [6.45, 7) is 4.88. The van der Waals surface area contributed by atoms with E-state index in [2.05, 4.69) is 12.8 Å². The fourth-order valence-electron chi connectivity index (χ4n) is 6.54. The molecule has 1 aromatic rings. The molecule has 4 rings (SSSR count). The molecule has 0 unspecified atom stereocenters. The summed E-state index contributed by atoms with van der Waals surface area (Å²) < 4.78 is 11.0. The molecule has 5 nitrogen and oxygen atoms in total. The molecular formula is C24H28O5. The largest absolute Gasteiger partial charge is 0.445 e. The highest BCUT2D eigenvalue weighted by Gasteiger charge is 2.65. The lowest BCUT2D eigenvalue weighted by atomic mass is 9.52. The van der Waals surface area contributed by atoms with Gasteiger partial charge in [0.15, 0.2) is 5.60 Å². The molecule has 2 saturated carbocycles. The Morgan fingerprint density at radius 3 is 2.66 bits per heavy atom. The number of ether oxygens (including phenoxy) is 2. The van der Waals surface area contributed by atoms with Crippen LogP contribution in [0.5, 0.6) is 5.75 Å². The van der Waals surface area contributed by atoms with Crippen LogP contribution in [-0.2, 0) is 20.7 Å². The lowest BCUT2D eigenvalue weighted by Crippen LogP contribution is -2.55. The monoisotopic (exact) mass is 396 g/mol. The molecule has 1 aromatic carbocycles. The fourth-order valence-corrected chi connectivity index (χ4v) is 6.54. The third kappa shape index (κ3) is 2.97. The van der Waals surface area contributed by atoms with Crippen LogP contribution in [0.1, 0.15) is 63.5 Å². The molecule has 3 aliphatic rings. The van der Waals surface area contributed by atoms with Gasteiger partial charge < -0.3 is 14.6 Å². The molecule has 0 aliphatic heterocycles. The van der Waals surface area contributed by atoms with Gasteiger partial charge in [-0.2, -0.15) is 0 Å². The first-order chi connectivity index (χ1) is 13.7. The second-order valence-corrected chi connectivity index (χ2v) is 9.08. The summed E-state index contributed by atoms with van der Waals surface area (Å²) in [6.07, 6.45) is 9.16. The second-order valence-electron chi connectivity index (χ2n) is 9.08. The molecule has 3 aliphatic carbocycles. The minimum Gasteiger partial charge on any atom is -0.445 e. The number of fused-ring (bicyclic) bond motifs is 5. The highest BCUT2D eigenvalue weighted by atomic mass is 16.6. The Labute approximate surface area is 171 Å². The van der Waals surface area contributed by atoms with Gasteiger partial charge >= 0.3 is 11.9 Å². The number of terminal acetylenes is 1. The number of hydrogen-bond donors (Lipinski definition) is 1. The Bertz CT molecular complexity index is 899. The van der Waals surface area contributed by atoms with Crippen molar-refractivity contribution in [2.75, 3.05) is 0 Å². The van der Waals surface area contributed by atoms with E-state index in [-0.39, 0.29) is 29.7 Å². The van der Waals surface area contributed by atoms with Crippen LogP contribution < -0.4 is 4.74 Å². The van der Waals surface area contributed by atoms with Gasteiger partial charge in [0, 0.05) is 25.2 Å². The van der Waals surface area contributed by atoms with Gasteiger partial charge in [-0.05, 0) is 67.2 Å². The molecule has 6 atom stereocenters. The average Bonchev–Trinajstić information content (AvgIpc) is 2.92. The average molecular weight is 396 g/mol. The number of aliphatic hydroxyl groups is 1. The van der Waals surface area contributed by atoms with Crippen molar-refractivity contribution in [2.24, 2.45) is 17.3 Å². The highest BCUT2D eigenvalue weighted by molar-refractivity contribution is 5.69. The summed E-state index contributed by atoms with van der Waals surface area (Å²) in [5, 5.41) is 11.2. The van der Waals surface area contributed by atoms with E-state index < -0.39 is 17.1 Å². The molecule has 5 heteroatoms. The van der Waals surface area contributed by atoms with Crippen molar-refractivity contribution in [1.29, 1.82) is 0 Å². The van der Waals surface area contributed by atoms with E-state index in [1.54, 1.807) is 0 Å². The van der Waals surface area contributed by atoms with E-state index in [0.29, 0.717) is 18.6 Å². The molecule has 2 fully saturated rings. The molecule has 0 saturated heterocycles. The van der Waals surface area contributed by atoms with E-state index in [1.165, 1.54) is 13.8 Å². The van der Waals surface area contributed by atoms with Crippen LogP contribution in [0.4, 0.5) is 0 Å². The molecule has 0 amide bonds. The Balaban J connectivity index is 1.69. The van der Waals surface area contributed by atoms with Crippen LogP contribution in [0.25, 0.3) is 0 Å². The van der Waals surface area contributed by atoms with Gasteiger partial charge in [0.1, 0.15) is 5.75 Å². The molecule has 0 aromatic heterocycles. The number of hydrogen-bond acceptors (Lipinski definition) is 5. The van der Waals surface area contributed by atoms with Crippen molar-refractivity contribution in [3.8, 4) is 18.1 Å². The molecule has 0 spiro atoms. The smallest absolute Gasteiger partial charge is 0.308 e. The van der Waals surface area contributed by atoms with Crippen molar-refractivity contribution >= 4 is 11.9 Å². The summed E-state index contributed by atoms with van der Waals surface area (Å²) in [5.74, 6) is 3.24. The SMILES string of the molecule is C#C[C@@]1(OC(C)=O)CC[C@@H]2[C@H]3CCc4cc(OC(C)=O)ccc4[C@@H]3[C@H](O)C[C@]21C. The molecule has 154 valence electrons. The Kier molecular flexibility index (Phi) is 4.74. The zero-order valence-electron chi connectivity index (χ0n) is 17.2. The quantitative estimate of drug-likeness (QED) is 0.471. The van der Waals surface area contributed by atoms with Crippen LogP contribution in [0.2, 0.25) is 0 Å². The van der Waals surface area contributed by atoms with Gasteiger partial charge in [0.05, 0.1) is 6.10 Å². The molecule has 0 radical (unpaired) electrons. The van der Waals surface area contributed by atoms with Gasteiger partial charge in [-0.25, -0.2) is 0 Å². The number of esters is 2. The van der Waals surface area contributed by atoms with E-state index >= 15 is 0 Å². The first-order valence-corrected chi connectivity index (χ1v) is 10.4. The predicted molar refractivity (Wildman–Crippen MR) is 107 cm³/mol. The summed E-state index contributed by atoms with van der Waals surface area (Å²) in [7, 11) is 0. The Hall–Kier alpha value is -2.32. The topological polar surface area (TPSA) is 72.8 Å². The Morgan fingerprint density at radius 2 is 2.00 bits per heavy atom. The van der Waals surface area contributed by atoms with E-state index in [9.17, 15) is 14.7 Å². The summed E-state index contributed by atoms with van der Waals surface area (Å²) >= 11 is 0. The van der Waals surface area contributed by atoms with Crippen molar-refractivity contribution in [2.45, 2.75) is 70.5 Å². The summed E-state index contributed by atoms with van der Waals surface area (Å²) in [4.78, 5) is 23.1. The standard InChI is InChI=1S/C24H28O5/c1-5-24(29-15(3)26)11-10-20-19-8-6-16-12-17(28-14(2)25)7-9-18(16)22(19)21(27)13-23(20,24)4/h1,7,9,12,19-22,27H,6,8,10-11,13H2,2-4H3/t19-,20-,21-,22+,23-,24-/m1/s1. The number of rotatable bonds is 2. The van der Waals surface area contributed by atoms with Crippen LogP contribution in [0.3, 0.4) is 0 Å². The van der Waals surface area contributed by atoms with E-state index in [4.69, 9.17) is 15.9 Å². The zero-order chi connectivity index (χ0) is 21.0. The van der Waals surface area contributed by atoms with Gasteiger partial charge in [0.25, 0.3) is 0 Å². The fraction of sp³-hybridized carbons (Fsp3) is 0.583. The normalized spacial score (nSPS) is 37.5. The van der Waals surface area contributed by atoms with Gasteiger partial charge in [0.2, 0.25) is 0 Å². The predicted octanol–water partition coefficient (Wildman–Crippen LogP) is 3.37. The number of benzene rings is 1. The van der Waals surface area contributed by atoms with Crippen LogP contribution >= 0.6 is 0 Å². The van der Waals surface area contributed by atoms with Gasteiger partial charge in [-0.1, -0.05) is 18.9 Å². The zero-order valence-corrected chi connectivity index (χ0v) is 17.2. The van der Waals surface area contributed by atoms with E-state index in [1.807, 2.05) is 18.2 Å². The molecule has 29 heavy (non-hydrogen) atoms. The van der Waals surface area contributed by atoms with Crippen molar-refractivity contribution < 1.29 is 24.2 Å². The first-order valence-electron chi connectivity index (χ1n) is 10.4. The van der Waals surface area contributed by atoms with Crippen molar-refractivity contribution in [1.82, 2.24) is 0 Å². The minimum absolute atomic E-state index is 0.0223. The van der Waals surface area contributed by atoms with Gasteiger partial charge in [-0.15, -0.1) is 6.42 Å². The number of carbonyl (C=O) groups excluding carboxylic acids is 2. The number of aryl methyl sites for hydroxylation is 1. The van der Waals surface area contributed by atoms with Crippen molar-refractivity contribution in [3.05, 3.63) is 29.3 Å². The molecular weight excluding hydrogens is 368 g/mol. The summed E-state index contributed by atoms with van der Waals surface area (Å²) in [6, 6.07) is 5.72. The maximum atomic E-state index is 11.8. The van der Waals surface area contributed by atoms with Crippen molar-refractivity contribution in [3.63, 3.8) is 0 Å². The van der Waals surface area contributed by atoms with Gasteiger partial charge in [-0.3, -0.25) is 9.59 Å². The highest BCUT2D eigenvalue weighted by Crippen LogP contribution is 2.65. The van der Waals surface area contributed by atoms with E-state index in [0.717, 1.165) is 30.4 Å². The second kappa shape index (κ2) is 6.88. The maximum Gasteiger partial charge on any atom is 0.308 e. The first kappa shape index (κ1) is 20.0. The lowest BCUT2D eigenvalue weighted by molar-refractivity contribution is -0.171. The van der Waals surface area contributed by atoms with Crippen LogP contribution in [0.15, 0.2) is 18.2 Å². The molecule has 0 bridgehead atoms. The number of aliphatic hydroxyl groups excluding tert-OH is 1. The third-order valence-electron chi connectivity index (χ3n) is 7.61. The third-order valence-corrected chi connectivity index (χ3v) is 7.61. The Morgan fingerprint density at radius 1 is 1.24 bits per heavy atom. The summed E-state index contributed by atoms with van der Waals surface area (Å²) in [5.41, 5.74) is 0.879. The van der Waals surface area contributed by atoms with Crippen LogP contribution in [-0.4, -0.2) is 28.8 Å². The maximum absolute atomic E-state index is 11.8. The van der Waals surface area contributed by atoms with Crippen LogP contribution in [0, 0.1) is 29.6 Å².